The van der Waals surface area contributed by atoms with Gasteiger partial charge in [-0.25, -0.2) is 4.39 Å². The first-order valence-electron chi connectivity index (χ1n) is 12.7. The van der Waals surface area contributed by atoms with Gasteiger partial charge in [-0.3, -0.25) is 0 Å². The Bertz CT molecular complexity index is 508. The minimum absolute atomic E-state index is 0.584. The number of hydrogen-bond donors (Lipinski definition) is 0. The molecule has 3 heterocycles. The van der Waals surface area contributed by atoms with Crippen LogP contribution in [0.2, 0.25) is 0 Å². The van der Waals surface area contributed by atoms with Crippen molar-refractivity contribution in [2.24, 2.45) is 23.2 Å². The van der Waals surface area contributed by atoms with Gasteiger partial charge in [0.05, 0.1) is 0 Å². The maximum atomic E-state index is 15.6. The fourth-order valence-corrected chi connectivity index (χ4v) is 6.70. The van der Waals surface area contributed by atoms with Crippen molar-refractivity contribution in [3.8, 4) is 0 Å². The molecule has 168 valence electrons. The van der Waals surface area contributed by atoms with Gasteiger partial charge in [-0.1, -0.05) is 13.8 Å². The van der Waals surface area contributed by atoms with Crippen LogP contribution in [0.25, 0.3) is 0 Å². The van der Waals surface area contributed by atoms with E-state index in [1.165, 1.54) is 64.6 Å². The van der Waals surface area contributed by atoms with E-state index >= 15 is 4.39 Å². The lowest BCUT2D eigenvalue weighted by Crippen LogP contribution is -2.51. The van der Waals surface area contributed by atoms with Crippen LogP contribution in [-0.4, -0.2) is 79.8 Å². The number of rotatable bonds is 7. The molecule has 1 saturated carbocycles. The summed E-state index contributed by atoms with van der Waals surface area (Å²) in [5.41, 5.74) is -0.355. The van der Waals surface area contributed by atoms with Crippen LogP contribution < -0.4 is 0 Å². The van der Waals surface area contributed by atoms with Crippen LogP contribution in [0.3, 0.4) is 0 Å². The maximum absolute atomic E-state index is 15.6. The minimum Gasteiger partial charge on any atom is -0.306 e. The van der Waals surface area contributed by atoms with E-state index in [0.29, 0.717) is 12.0 Å². The van der Waals surface area contributed by atoms with Crippen LogP contribution in [0.1, 0.15) is 71.6 Å². The Balaban J connectivity index is 1.17. The Labute approximate surface area is 179 Å². The predicted molar refractivity (Wildman–Crippen MR) is 120 cm³/mol. The van der Waals surface area contributed by atoms with Gasteiger partial charge >= 0.3 is 0 Å². The van der Waals surface area contributed by atoms with Gasteiger partial charge in [0.2, 0.25) is 0 Å². The number of hydrogen-bond acceptors (Lipinski definition) is 3. The van der Waals surface area contributed by atoms with Crippen LogP contribution in [0.5, 0.6) is 0 Å². The first kappa shape index (κ1) is 22.0. The predicted octanol–water partition coefficient (Wildman–Crippen LogP) is 4.67. The Kier molecular flexibility index (Phi) is 6.93. The topological polar surface area (TPSA) is 9.72 Å². The summed E-state index contributed by atoms with van der Waals surface area (Å²) in [6.07, 6.45) is 11.0. The second-order valence-corrected chi connectivity index (χ2v) is 11.8. The standard InChI is InChI=1S/C25H46FN3/c1-21(2)18-24(8-9-24)19-29-16-10-25(26,11-17-29)20-28-14-6-23(7-15-28)22-4-12-27(3)13-5-22/h21-23H,4-20H2,1-3H3. The van der Waals surface area contributed by atoms with Crippen molar-refractivity contribution in [3.63, 3.8) is 0 Å². The number of alkyl halides is 1. The molecule has 0 unspecified atom stereocenters. The van der Waals surface area contributed by atoms with Crippen LogP contribution in [0.4, 0.5) is 4.39 Å². The quantitative estimate of drug-likeness (QED) is 0.607. The first-order chi connectivity index (χ1) is 13.8. The highest BCUT2D eigenvalue weighted by Gasteiger charge is 2.46. The van der Waals surface area contributed by atoms with Gasteiger partial charge in [-0.05, 0) is 114 Å². The fraction of sp³-hybridized carbons (Fsp3) is 1.00. The molecule has 3 nitrogen and oxygen atoms in total. The summed E-state index contributed by atoms with van der Waals surface area (Å²) < 4.78 is 15.6. The number of likely N-dealkylation sites (tertiary alicyclic amines) is 3. The molecule has 4 heteroatoms. The van der Waals surface area contributed by atoms with Gasteiger partial charge in [0.25, 0.3) is 0 Å². The van der Waals surface area contributed by atoms with E-state index in [-0.39, 0.29) is 0 Å². The highest BCUT2D eigenvalue weighted by molar-refractivity contribution is 4.98. The molecule has 1 aliphatic carbocycles. The summed E-state index contributed by atoms with van der Waals surface area (Å²) >= 11 is 0. The largest absolute Gasteiger partial charge is 0.306 e. The average molecular weight is 408 g/mol. The molecule has 29 heavy (non-hydrogen) atoms. The highest BCUT2D eigenvalue weighted by atomic mass is 19.1. The lowest BCUT2D eigenvalue weighted by atomic mass is 9.78. The van der Waals surface area contributed by atoms with Crippen molar-refractivity contribution >= 4 is 0 Å². The summed E-state index contributed by atoms with van der Waals surface area (Å²) in [6, 6.07) is 0. The Hall–Kier alpha value is -0.190. The fourth-order valence-electron chi connectivity index (χ4n) is 6.70. The van der Waals surface area contributed by atoms with Gasteiger partial charge in [-0.15, -0.1) is 0 Å². The highest BCUT2D eigenvalue weighted by Crippen LogP contribution is 2.51. The molecule has 3 saturated heterocycles. The second-order valence-electron chi connectivity index (χ2n) is 11.8. The van der Waals surface area contributed by atoms with Gasteiger partial charge in [0.15, 0.2) is 0 Å². The third-order valence-corrected chi connectivity index (χ3v) is 8.68. The van der Waals surface area contributed by atoms with Crippen LogP contribution in [0, 0.1) is 23.2 Å². The Morgan fingerprint density at radius 2 is 1.28 bits per heavy atom. The Morgan fingerprint density at radius 3 is 1.79 bits per heavy atom. The Morgan fingerprint density at radius 1 is 0.759 bits per heavy atom. The van der Waals surface area contributed by atoms with Crippen molar-refractivity contribution in [1.82, 2.24) is 14.7 Å². The van der Waals surface area contributed by atoms with Gasteiger partial charge in [0.1, 0.15) is 5.67 Å². The first-order valence-corrected chi connectivity index (χ1v) is 12.7. The zero-order valence-electron chi connectivity index (χ0n) is 19.5. The molecule has 0 amide bonds. The monoisotopic (exact) mass is 407 g/mol. The molecule has 3 aliphatic heterocycles. The molecule has 4 rings (SSSR count). The SMILES string of the molecule is CC(C)CC1(CN2CCC(F)(CN3CCC(C4CCN(C)CC4)CC3)CC2)CC1. The molecule has 0 aromatic carbocycles. The molecule has 0 atom stereocenters. The van der Waals surface area contributed by atoms with Crippen LogP contribution >= 0.6 is 0 Å². The van der Waals surface area contributed by atoms with Gasteiger partial charge in [0, 0.05) is 26.2 Å². The van der Waals surface area contributed by atoms with Crippen molar-refractivity contribution in [3.05, 3.63) is 0 Å². The van der Waals surface area contributed by atoms with Gasteiger partial charge < -0.3 is 14.7 Å². The number of halogens is 1. The number of piperidine rings is 3. The second kappa shape index (κ2) is 9.12. The van der Waals surface area contributed by atoms with Gasteiger partial charge in [-0.2, -0.15) is 0 Å². The van der Waals surface area contributed by atoms with E-state index in [0.717, 1.165) is 56.8 Å². The summed E-state index contributed by atoms with van der Waals surface area (Å²) in [5, 5.41) is 0. The van der Waals surface area contributed by atoms with E-state index in [2.05, 4.69) is 35.6 Å². The molecule has 0 aromatic rings. The smallest absolute Gasteiger partial charge is 0.126 e. The van der Waals surface area contributed by atoms with E-state index < -0.39 is 5.67 Å². The summed E-state index contributed by atoms with van der Waals surface area (Å²) in [4.78, 5) is 7.51. The van der Waals surface area contributed by atoms with Crippen molar-refractivity contribution in [2.45, 2.75) is 77.3 Å². The van der Waals surface area contributed by atoms with Crippen molar-refractivity contribution in [1.29, 1.82) is 0 Å². The third-order valence-electron chi connectivity index (χ3n) is 8.68. The molecule has 0 aromatic heterocycles. The van der Waals surface area contributed by atoms with E-state index in [1.54, 1.807) is 0 Å². The van der Waals surface area contributed by atoms with E-state index in [4.69, 9.17) is 0 Å². The van der Waals surface area contributed by atoms with Crippen molar-refractivity contribution < 1.29 is 4.39 Å². The molecule has 0 bridgehead atoms. The third kappa shape index (κ3) is 5.95. The zero-order chi connectivity index (χ0) is 20.5. The molecule has 4 aliphatic rings. The van der Waals surface area contributed by atoms with Crippen LogP contribution in [0.15, 0.2) is 0 Å². The molecule has 4 fully saturated rings. The molecule has 0 spiro atoms. The molecule has 0 radical (unpaired) electrons. The lowest BCUT2D eigenvalue weighted by Gasteiger charge is -2.43. The summed E-state index contributed by atoms with van der Waals surface area (Å²) in [7, 11) is 2.25. The molecular weight excluding hydrogens is 361 g/mol. The molecule has 0 N–H and O–H groups in total. The minimum atomic E-state index is -0.939. The average Bonchev–Trinajstić information content (AvgIpc) is 3.43. The zero-order valence-corrected chi connectivity index (χ0v) is 19.5. The lowest BCUT2D eigenvalue weighted by molar-refractivity contribution is 0.00399. The van der Waals surface area contributed by atoms with Crippen molar-refractivity contribution in [2.75, 3.05) is 59.4 Å². The molecular formula is C25H46FN3. The van der Waals surface area contributed by atoms with E-state index in [9.17, 15) is 0 Å². The summed E-state index contributed by atoms with van der Waals surface area (Å²) in [6.45, 7) is 13.4. The summed E-state index contributed by atoms with van der Waals surface area (Å²) in [5.74, 6) is 2.62. The van der Waals surface area contributed by atoms with E-state index in [1.807, 2.05) is 0 Å². The van der Waals surface area contributed by atoms with Crippen LogP contribution in [-0.2, 0) is 0 Å². The maximum Gasteiger partial charge on any atom is 0.126 e. The number of nitrogens with zero attached hydrogens (tertiary/aromatic N) is 3. The normalized spacial score (nSPS) is 30.1.